The molecule has 0 aromatic heterocycles. The highest BCUT2D eigenvalue weighted by molar-refractivity contribution is 6.30. The average molecular weight is 236 g/mol. The first-order chi connectivity index (χ1) is 7.70. The normalized spacial score (nSPS) is 24.1. The number of rotatable bonds is 2. The Morgan fingerprint density at radius 3 is 2.88 bits per heavy atom. The van der Waals surface area contributed by atoms with Crippen molar-refractivity contribution in [2.24, 2.45) is 5.73 Å². The van der Waals surface area contributed by atoms with E-state index in [1.54, 1.807) is 12.1 Å². The van der Waals surface area contributed by atoms with E-state index in [0.29, 0.717) is 10.6 Å². The van der Waals surface area contributed by atoms with Gasteiger partial charge < -0.3 is 11.1 Å². The molecule has 2 rings (SSSR count). The molecule has 84 valence electrons. The lowest BCUT2D eigenvalue weighted by Gasteiger charge is -2.19. The first-order valence-electron chi connectivity index (χ1n) is 5.42. The predicted molar refractivity (Wildman–Crippen MR) is 65.4 cm³/mol. The molecule has 0 spiro atoms. The number of nitriles is 1. The van der Waals surface area contributed by atoms with Crippen molar-refractivity contribution >= 4 is 17.3 Å². The van der Waals surface area contributed by atoms with Crippen molar-refractivity contribution in [3.05, 3.63) is 28.8 Å². The zero-order valence-electron chi connectivity index (χ0n) is 8.91. The third kappa shape index (κ3) is 2.29. The smallest absolute Gasteiger partial charge is 0.101 e. The van der Waals surface area contributed by atoms with E-state index in [0.717, 1.165) is 24.9 Å². The van der Waals surface area contributed by atoms with Crippen LogP contribution in [-0.4, -0.2) is 12.1 Å². The lowest BCUT2D eigenvalue weighted by molar-refractivity contribution is 0.638. The molecule has 0 radical (unpaired) electrons. The van der Waals surface area contributed by atoms with Crippen molar-refractivity contribution in [3.8, 4) is 6.07 Å². The van der Waals surface area contributed by atoms with Crippen LogP contribution in [0.15, 0.2) is 18.2 Å². The van der Waals surface area contributed by atoms with Gasteiger partial charge in [-0.1, -0.05) is 11.6 Å². The number of hydrogen-bond acceptors (Lipinski definition) is 3. The molecular weight excluding hydrogens is 222 g/mol. The Morgan fingerprint density at radius 1 is 1.44 bits per heavy atom. The van der Waals surface area contributed by atoms with Gasteiger partial charge in [0.15, 0.2) is 0 Å². The quantitative estimate of drug-likeness (QED) is 0.828. The molecule has 2 unspecified atom stereocenters. The molecular formula is C12H14ClN3. The molecule has 0 saturated heterocycles. The molecule has 1 fully saturated rings. The molecule has 1 aliphatic rings. The van der Waals surface area contributed by atoms with Crippen LogP contribution in [-0.2, 0) is 0 Å². The minimum Gasteiger partial charge on any atom is -0.380 e. The molecule has 4 heteroatoms. The number of benzene rings is 1. The Kier molecular flexibility index (Phi) is 3.33. The minimum absolute atomic E-state index is 0.183. The topological polar surface area (TPSA) is 61.8 Å². The number of hydrogen-bond donors (Lipinski definition) is 2. The van der Waals surface area contributed by atoms with Gasteiger partial charge in [-0.25, -0.2) is 0 Å². The van der Waals surface area contributed by atoms with E-state index >= 15 is 0 Å². The van der Waals surface area contributed by atoms with E-state index in [2.05, 4.69) is 11.4 Å². The fourth-order valence-corrected chi connectivity index (χ4v) is 2.27. The summed E-state index contributed by atoms with van der Waals surface area (Å²) in [5, 5.41) is 12.9. The van der Waals surface area contributed by atoms with Crippen LogP contribution >= 0.6 is 11.6 Å². The van der Waals surface area contributed by atoms with E-state index in [4.69, 9.17) is 22.6 Å². The standard InChI is InChI=1S/C12H14ClN3/c13-9-4-5-11(8(6-9)7-14)16-12-3-1-2-10(12)15/h4-6,10,12,16H,1-3,15H2. The fraction of sp³-hybridized carbons (Fsp3) is 0.417. The minimum atomic E-state index is 0.183. The molecule has 1 saturated carbocycles. The molecule has 16 heavy (non-hydrogen) atoms. The Bertz CT molecular complexity index is 425. The molecule has 2 atom stereocenters. The van der Waals surface area contributed by atoms with Crippen LogP contribution in [0.1, 0.15) is 24.8 Å². The lowest BCUT2D eigenvalue weighted by atomic mass is 10.1. The van der Waals surface area contributed by atoms with Gasteiger partial charge >= 0.3 is 0 Å². The highest BCUT2D eigenvalue weighted by atomic mass is 35.5. The van der Waals surface area contributed by atoms with Crippen molar-refractivity contribution in [1.82, 2.24) is 0 Å². The summed E-state index contributed by atoms with van der Waals surface area (Å²) in [4.78, 5) is 0. The lowest BCUT2D eigenvalue weighted by Crippen LogP contribution is -2.35. The second kappa shape index (κ2) is 4.73. The van der Waals surface area contributed by atoms with Crippen LogP contribution in [0.25, 0.3) is 0 Å². The van der Waals surface area contributed by atoms with Gasteiger partial charge in [0.25, 0.3) is 0 Å². The van der Waals surface area contributed by atoms with E-state index in [1.165, 1.54) is 0 Å². The summed E-state index contributed by atoms with van der Waals surface area (Å²) in [6, 6.07) is 7.88. The summed E-state index contributed by atoms with van der Waals surface area (Å²) in [7, 11) is 0. The molecule has 0 heterocycles. The summed E-state index contributed by atoms with van der Waals surface area (Å²) in [6.45, 7) is 0. The van der Waals surface area contributed by atoms with Crippen LogP contribution in [0, 0.1) is 11.3 Å². The van der Waals surface area contributed by atoms with Gasteiger partial charge in [-0.3, -0.25) is 0 Å². The first-order valence-corrected chi connectivity index (χ1v) is 5.80. The van der Waals surface area contributed by atoms with E-state index < -0.39 is 0 Å². The van der Waals surface area contributed by atoms with Crippen LogP contribution < -0.4 is 11.1 Å². The van der Waals surface area contributed by atoms with Crippen molar-refractivity contribution < 1.29 is 0 Å². The summed E-state index contributed by atoms with van der Waals surface area (Å²) in [6.07, 6.45) is 3.26. The second-order valence-electron chi connectivity index (χ2n) is 4.15. The second-order valence-corrected chi connectivity index (χ2v) is 4.58. The molecule has 0 aliphatic heterocycles. The molecule has 1 aromatic carbocycles. The van der Waals surface area contributed by atoms with E-state index in [1.807, 2.05) is 6.07 Å². The van der Waals surface area contributed by atoms with Crippen LogP contribution in [0.5, 0.6) is 0 Å². The Hall–Kier alpha value is -1.24. The number of nitrogens with two attached hydrogens (primary N) is 1. The summed E-state index contributed by atoms with van der Waals surface area (Å²) >= 11 is 5.84. The molecule has 3 nitrogen and oxygen atoms in total. The molecule has 0 bridgehead atoms. The van der Waals surface area contributed by atoms with Crippen molar-refractivity contribution in [3.63, 3.8) is 0 Å². The van der Waals surface area contributed by atoms with Gasteiger partial charge in [-0.2, -0.15) is 5.26 Å². The maximum absolute atomic E-state index is 9.00. The monoisotopic (exact) mass is 235 g/mol. The van der Waals surface area contributed by atoms with E-state index in [9.17, 15) is 0 Å². The number of nitrogens with zero attached hydrogens (tertiary/aromatic N) is 1. The highest BCUT2D eigenvalue weighted by Crippen LogP contribution is 2.25. The fourth-order valence-electron chi connectivity index (χ4n) is 2.10. The van der Waals surface area contributed by atoms with Gasteiger partial charge in [0, 0.05) is 17.1 Å². The van der Waals surface area contributed by atoms with Gasteiger partial charge in [0.1, 0.15) is 6.07 Å². The van der Waals surface area contributed by atoms with Crippen molar-refractivity contribution in [2.45, 2.75) is 31.3 Å². The highest BCUT2D eigenvalue weighted by Gasteiger charge is 2.24. The molecule has 1 aromatic rings. The van der Waals surface area contributed by atoms with Crippen molar-refractivity contribution in [1.29, 1.82) is 5.26 Å². The summed E-state index contributed by atoms with van der Waals surface area (Å²) in [5.74, 6) is 0. The van der Waals surface area contributed by atoms with E-state index in [-0.39, 0.29) is 12.1 Å². The molecule has 1 aliphatic carbocycles. The van der Waals surface area contributed by atoms with Gasteiger partial charge in [0.05, 0.1) is 11.3 Å². The Morgan fingerprint density at radius 2 is 2.25 bits per heavy atom. The zero-order valence-corrected chi connectivity index (χ0v) is 9.67. The SMILES string of the molecule is N#Cc1cc(Cl)ccc1NC1CCCC1N. The number of halogens is 1. The van der Waals surface area contributed by atoms with Gasteiger partial charge in [-0.05, 0) is 37.5 Å². The third-order valence-corrected chi connectivity index (χ3v) is 3.25. The molecule has 0 amide bonds. The van der Waals surface area contributed by atoms with Crippen LogP contribution in [0.2, 0.25) is 5.02 Å². The largest absolute Gasteiger partial charge is 0.380 e. The number of anilines is 1. The molecule has 3 N–H and O–H groups in total. The van der Waals surface area contributed by atoms with Crippen LogP contribution in [0.3, 0.4) is 0 Å². The Labute approximate surface area is 100 Å². The number of nitrogens with one attached hydrogen (secondary N) is 1. The maximum atomic E-state index is 9.00. The van der Waals surface area contributed by atoms with Crippen LogP contribution in [0.4, 0.5) is 5.69 Å². The first kappa shape index (κ1) is 11.3. The maximum Gasteiger partial charge on any atom is 0.101 e. The summed E-state index contributed by atoms with van der Waals surface area (Å²) < 4.78 is 0. The van der Waals surface area contributed by atoms with Crippen molar-refractivity contribution in [2.75, 3.05) is 5.32 Å². The third-order valence-electron chi connectivity index (χ3n) is 3.01. The Balaban J connectivity index is 2.18. The summed E-state index contributed by atoms with van der Waals surface area (Å²) in [5.41, 5.74) is 7.38. The van der Waals surface area contributed by atoms with Gasteiger partial charge in [0.2, 0.25) is 0 Å². The average Bonchev–Trinajstić information content (AvgIpc) is 2.67. The predicted octanol–water partition coefficient (Wildman–Crippen LogP) is 2.50. The van der Waals surface area contributed by atoms with Gasteiger partial charge in [-0.15, -0.1) is 0 Å². The zero-order chi connectivity index (χ0) is 11.5.